The number of aryl methyl sites for hydroxylation is 1. The summed E-state index contributed by atoms with van der Waals surface area (Å²) < 4.78 is 0. The molecule has 5 rings (SSSR count). The third-order valence-corrected chi connectivity index (χ3v) is 6.32. The van der Waals surface area contributed by atoms with Crippen molar-refractivity contribution in [3.63, 3.8) is 0 Å². The Labute approximate surface area is 177 Å². The number of pyridine rings is 1. The molecule has 2 aliphatic rings. The number of aromatic nitrogens is 3. The molecular formula is C25H26N4O. The van der Waals surface area contributed by atoms with Gasteiger partial charge in [0.1, 0.15) is 5.82 Å². The smallest absolute Gasteiger partial charge is 0.254 e. The summed E-state index contributed by atoms with van der Waals surface area (Å²) in [6.07, 6.45) is 9.87. The van der Waals surface area contributed by atoms with Crippen LogP contribution in [0.5, 0.6) is 0 Å². The van der Waals surface area contributed by atoms with Gasteiger partial charge < -0.3 is 4.90 Å². The fraction of sp³-hybridized carbons (Fsp3) is 0.360. The van der Waals surface area contributed by atoms with Crippen LogP contribution in [0.1, 0.15) is 65.0 Å². The van der Waals surface area contributed by atoms with Crippen molar-refractivity contribution in [3.8, 4) is 11.1 Å². The summed E-state index contributed by atoms with van der Waals surface area (Å²) in [6, 6.07) is 11.9. The molecule has 152 valence electrons. The molecule has 0 atom stereocenters. The standard InChI is InChI=1S/C25H26N4O/c1-17-4-2-3-5-21(17)25(30)29-14-10-19(11-15-29)23-22(18-8-12-26-13-9-18)16-27-24(28-23)20-6-7-20/h2-5,8-9,12-13,16,19-20H,6-7,10-11,14-15H2,1H3. The summed E-state index contributed by atoms with van der Waals surface area (Å²) in [7, 11) is 0. The minimum absolute atomic E-state index is 0.141. The normalized spacial score (nSPS) is 17.2. The van der Waals surface area contributed by atoms with Gasteiger partial charge in [0.2, 0.25) is 0 Å². The third kappa shape index (κ3) is 3.72. The molecule has 1 saturated heterocycles. The highest BCUT2D eigenvalue weighted by Gasteiger charge is 2.31. The molecule has 0 unspecified atom stereocenters. The molecule has 3 aromatic rings. The lowest BCUT2D eigenvalue weighted by atomic mass is 9.88. The van der Waals surface area contributed by atoms with E-state index in [0.717, 1.165) is 59.7 Å². The Kier molecular flexibility index (Phi) is 5.03. The molecule has 1 aliphatic carbocycles. The van der Waals surface area contributed by atoms with Crippen molar-refractivity contribution in [2.75, 3.05) is 13.1 Å². The van der Waals surface area contributed by atoms with Gasteiger partial charge in [-0.25, -0.2) is 9.97 Å². The molecule has 1 amide bonds. The zero-order chi connectivity index (χ0) is 20.5. The summed E-state index contributed by atoms with van der Waals surface area (Å²) >= 11 is 0. The van der Waals surface area contributed by atoms with E-state index in [0.29, 0.717) is 11.8 Å². The first kappa shape index (κ1) is 18.9. The van der Waals surface area contributed by atoms with Gasteiger partial charge in [0.25, 0.3) is 5.91 Å². The van der Waals surface area contributed by atoms with Crippen LogP contribution in [0, 0.1) is 6.92 Å². The monoisotopic (exact) mass is 398 g/mol. The molecule has 2 aromatic heterocycles. The van der Waals surface area contributed by atoms with Gasteiger partial charge in [-0.3, -0.25) is 9.78 Å². The predicted molar refractivity (Wildman–Crippen MR) is 116 cm³/mol. The molecule has 3 heterocycles. The Bertz CT molecular complexity index is 1050. The minimum atomic E-state index is 0.141. The first-order valence-corrected chi connectivity index (χ1v) is 10.8. The fourth-order valence-electron chi connectivity index (χ4n) is 4.35. The molecule has 0 radical (unpaired) electrons. The maximum absolute atomic E-state index is 13.0. The molecule has 30 heavy (non-hydrogen) atoms. The second-order valence-electron chi connectivity index (χ2n) is 8.42. The molecule has 1 saturated carbocycles. The summed E-state index contributed by atoms with van der Waals surface area (Å²) in [5.41, 5.74) is 5.20. The first-order valence-electron chi connectivity index (χ1n) is 10.8. The fourth-order valence-corrected chi connectivity index (χ4v) is 4.35. The number of amides is 1. The predicted octanol–water partition coefficient (Wildman–Crippen LogP) is 4.74. The number of hydrogen-bond acceptors (Lipinski definition) is 4. The van der Waals surface area contributed by atoms with Crippen molar-refractivity contribution < 1.29 is 4.79 Å². The lowest BCUT2D eigenvalue weighted by Crippen LogP contribution is -2.38. The second kappa shape index (κ2) is 7.98. The van der Waals surface area contributed by atoms with Crippen LogP contribution >= 0.6 is 0 Å². The van der Waals surface area contributed by atoms with E-state index in [2.05, 4.69) is 9.97 Å². The third-order valence-electron chi connectivity index (χ3n) is 6.32. The summed E-state index contributed by atoms with van der Waals surface area (Å²) in [6.45, 7) is 3.52. The zero-order valence-corrected chi connectivity index (χ0v) is 17.3. The number of rotatable bonds is 4. The van der Waals surface area contributed by atoms with Gasteiger partial charge in [0.05, 0.1) is 5.69 Å². The van der Waals surface area contributed by atoms with Gasteiger partial charge >= 0.3 is 0 Å². The summed E-state index contributed by atoms with van der Waals surface area (Å²) in [4.78, 5) is 28.9. The van der Waals surface area contributed by atoms with Crippen LogP contribution in [0.15, 0.2) is 55.0 Å². The number of carbonyl (C=O) groups is 1. The molecule has 2 fully saturated rings. The molecule has 0 spiro atoms. The lowest BCUT2D eigenvalue weighted by molar-refractivity contribution is 0.0711. The van der Waals surface area contributed by atoms with Gasteiger partial charge in [0.15, 0.2) is 0 Å². The van der Waals surface area contributed by atoms with Gasteiger partial charge in [-0.05, 0) is 61.9 Å². The van der Waals surface area contributed by atoms with Crippen molar-refractivity contribution in [1.29, 1.82) is 0 Å². The van der Waals surface area contributed by atoms with Gasteiger partial charge in [-0.2, -0.15) is 0 Å². The maximum Gasteiger partial charge on any atom is 0.254 e. The highest BCUT2D eigenvalue weighted by Crippen LogP contribution is 2.40. The number of likely N-dealkylation sites (tertiary alicyclic amines) is 1. The van der Waals surface area contributed by atoms with Crippen LogP contribution in [-0.4, -0.2) is 38.8 Å². The van der Waals surface area contributed by atoms with Crippen molar-refractivity contribution in [2.24, 2.45) is 0 Å². The van der Waals surface area contributed by atoms with E-state index in [9.17, 15) is 4.79 Å². The molecule has 5 nitrogen and oxygen atoms in total. The number of nitrogens with zero attached hydrogens (tertiary/aromatic N) is 4. The average molecular weight is 399 g/mol. The highest BCUT2D eigenvalue weighted by molar-refractivity contribution is 5.95. The molecule has 1 aliphatic heterocycles. The average Bonchev–Trinajstić information content (AvgIpc) is 3.65. The van der Waals surface area contributed by atoms with Crippen molar-refractivity contribution in [1.82, 2.24) is 19.9 Å². The van der Waals surface area contributed by atoms with E-state index in [1.165, 1.54) is 12.8 Å². The van der Waals surface area contributed by atoms with Gasteiger partial charge in [-0.1, -0.05) is 18.2 Å². The topological polar surface area (TPSA) is 59.0 Å². The summed E-state index contributed by atoms with van der Waals surface area (Å²) in [5.74, 6) is 2.00. The van der Waals surface area contributed by atoms with Crippen LogP contribution < -0.4 is 0 Å². The Morgan fingerprint density at radius 3 is 2.40 bits per heavy atom. The van der Waals surface area contributed by atoms with Gasteiger partial charge in [-0.15, -0.1) is 0 Å². The van der Waals surface area contributed by atoms with Crippen molar-refractivity contribution in [3.05, 3.63) is 77.6 Å². The Balaban J connectivity index is 1.38. The number of hydrogen-bond donors (Lipinski definition) is 0. The molecule has 0 bridgehead atoms. The van der Waals surface area contributed by atoms with Crippen LogP contribution in [0.2, 0.25) is 0 Å². The van der Waals surface area contributed by atoms with E-state index in [-0.39, 0.29) is 5.91 Å². The van der Waals surface area contributed by atoms with E-state index in [1.54, 1.807) is 0 Å². The van der Waals surface area contributed by atoms with Gasteiger partial charge in [0, 0.05) is 54.6 Å². The first-order chi connectivity index (χ1) is 14.7. The highest BCUT2D eigenvalue weighted by atomic mass is 16.2. The Morgan fingerprint density at radius 1 is 0.967 bits per heavy atom. The largest absolute Gasteiger partial charge is 0.339 e. The second-order valence-corrected chi connectivity index (χ2v) is 8.42. The van der Waals surface area contributed by atoms with Crippen molar-refractivity contribution in [2.45, 2.75) is 44.4 Å². The molecule has 0 N–H and O–H groups in total. The number of carbonyl (C=O) groups excluding carboxylic acids is 1. The Hall–Kier alpha value is -3.08. The maximum atomic E-state index is 13.0. The SMILES string of the molecule is Cc1ccccc1C(=O)N1CCC(c2nc(C3CC3)ncc2-c2ccncc2)CC1. The molecule has 1 aromatic carbocycles. The Morgan fingerprint density at radius 2 is 1.70 bits per heavy atom. The van der Waals surface area contributed by atoms with E-state index >= 15 is 0 Å². The van der Waals surface area contributed by atoms with Crippen LogP contribution in [0.4, 0.5) is 0 Å². The summed E-state index contributed by atoms with van der Waals surface area (Å²) in [5, 5.41) is 0. The molecule has 5 heteroatoms. The van der Waals surface area contributed by atoms with Crippen LogP contribution in [0.3, 0.4) is 0 Å². The van der Waals surface area contributed by atoms with E-state index < -0.39 is 0 Å². The van der Waals surface area contributed by atoms with E-state index in [4.69, 9.17) is 4.98 Å². The minimum Gasteiger partial charge on any atom is -0.339 e. The van der Waals surface area contributed by atoms with Crippen LogP contribution in [0.25, 0.3) is 11.1 Å². The van der Waals surface area contributed by atoms with Crippen molar-refractivity contribution >= 4 is 5.91 Å². The number of piperidine rings is 1. The number of benzene rings is 1. The van der Waals surface area contributed by atoms with E-state index in [1.807, 2.05) is 66.8 Å². The lowest BCUT2D eigenvalue weighted by Gasteiger charge is -2.33. The van der Waals surface area contributed by atoms with Crippen LogP contribution in [-0.2, 0) is 0 Å². The molecular weight excluding hydrogens is 372 g/mol. The quantitative estimate of drug-likeness (QED) is 0.637. The zero-order valence-electron chi connectivity index (χ0n) is 17.3.